The van der Waals surface area contributed by atoms with E-state index in [-0.39, 0.29) is 11.7 Å². The minimum atomic E-state index is -0.136. The normalized spacial score (nSPS) is 10.5. The molecule has 1 heterocycles. The monoisotopic (exact) mass is 459 g/mol. The Labute approximate surface area is 155 Å². The van der Waals surface area contributed by atoms with Crippen molar-refractivity contribution in [2.45, 2.75) is 19.0 Å². The van der Waals surface area contributed by atoms with E-state index in [4.69, 9.17) is 4.74 Å². The number of anilines is 1. The zero-order valence-corrected chi connectivity index (χ0v) is 16.8. The van der Waals surface area contributed by atoms with Crippen molar-refractivity contribution >= 4 is 55.2 Å². The van der Waals surface area contributed by atoms with Gasteiger partial charge in [-0.05, 0) is 57.8 Å². The molecule has 0 atom stereocenters. The molecular weight excluding hydrogens is 446 g/mol. The number of ether oxygens (including phenoxy) is 1. The van der Waals surface area contributed by atoms with Crippen LogP contribution in [-0.4, -0.2) is 28.7 Å². The van der Waals surface area contributed by atoms with Crippen molar-refractivity contribution in [3.63, 3.8) is 0 Å². The molecule has 0 radical (unpaired) electrons. The third-order valence-electron chi connectivity index (χ3n) is 2.81. The van der Waals surface area contributed by atoms with Crippen LogP contribution in [0, 0.1) is 13.8 Å². The number of carbonyl (C=O) groups excluding carboxylic acids is 1. The number of rotatable bonds is 5. The Hall–Kier alpha value is -1.12. The minimum absolute atomic E-state index is 0.136. The lowest BCUT2D eigenvalue weighted by Gasteiger charge is -2.11. The summed E-state index contributed by atoms with van der Waals surface area (Å²) in [5, 5.41) is 3.45. The summed E-state index contributed by atoms with van der Waals surface area (Å²) in [6, 6.07) is 5.48. The minimum Gasteiger partial charge on any atom is -0.495 e. The maximum atomic E-state index is 12.1. The van der Waals surface area contributed by atoms with Crippen molar-refractivity contribution in [1.29, 1.82) is 0 Å². The Balaban J connectivity index is 2.02. The van der Waals surface area contributed by atoms with Crippen LogP contribution in [-0.2, 0) is 4.79 Å². The van der Waals surface area contributed by atoms with E-state index in [9.17, 15) is 4.79 Å². The van der Waals surface area contributed by atoms with Crippen LogP contribution in [0.4, 0.5) is 5.69 Å². The number of nitrogens with zero attached hydrogens (tertiary/aromatic N) is 2. The average molecular weight is 461 g/mol. The van der Waals surface area contributed by atoms with Gasteiger partial charge in [0, 0.05) is 21.9 Å². The van der Waals surface area contributed by atoms with Gasteiger partial charge in [-0.25, -0.2) is 9.97 Å². The number of thioether (sulfide) groups is 1. The average Bonchev–Trinajstić information content (AvgIpc) is 2.47. The molecule has 0 aliphatic heterocycles. The summed E-state index contributed by atoms with van der Waals surface area (Å²) >= 11 is 8.12. The highest BCUT2D eigenvalue weighted by molar-refractivity contribution is 9.11. The fourth-order valence-electron chi connectivity index (χ4n) is 1.86. The van der Waals surface area contributed by atoms with Crippen molar-refractivity contribution in [2.75, 3.05) is 18.2 Å². The molecule has 0 saturated heterocycles. The highest BCUT2D eigenvalue weighted by atomic mass is 79.9. The number of hydrogen-bond donors (Lipinski definition) is 1. The van der Waals surface area contributed by atoms with E-state index in [2.05, 4.69) is 47.1 Å². The fraction of sp³-hybridized carbons (Fsp3) is 0.267. The summed E-state index contributed by atoms with van der Waals surface area (Å²) < 4.78 is 6.81. The SMILES string of the molecule is COc1cc(NC(=O)CSc2nc(C)cc(C)n2)c(Br)cc1Br. The predicted molar refractivity (Wildman–Crippen MR) is 99.3 cm³/mol. The van der Waals surface area contributed by atoms with Gasteiger partial charge in [0.2, 0.25) is 5.91 Å². The van der Waals surface area contributed by atoms with Gasteiger partial charge in [-0.1, -0.05) is 11.8 Å². The molecule has 1 N–H and O–H groups in total. The number of amides is 1. The molecule has 2 rings (SSSR count). The van der Waals surface area contributed by atoms with Crippen LogP contribution < -0.4 is 10.1 Å². The Morgan fingerprint density at radius 2 is 1.83 bits per heavy atom. The quantitative estimate of drug-likeness (QED) is 0.530. The number of nitrogens with one attached hydrogen (secondary N) is 1. The van der Waals surface area contributed by atoms with Gasteiger partial charge in [0.15, 0.2) is 5.16 Å². The molecule has 1 aromatic carbocycles. The van der Waals surface area contributed by atoms with E-state index < -0.39 is 0 Å². The molecule has 5 nitrogen and oxygen atoms in total. The van der Waals surface area contributed by atoms with Crippen LogP contribution in [0.3, 0.4) is 0 Å². The number of methoxy groups -OCH3 is 1. The van der Waals surface area contributed by atoms with Crippen LogP contribution >= 0.6 is 43.6 Å². The number of aryl methyl sites for hydroxylation is 2. The number of benzene rings is 1. The molecule has 23 heavy (non-hydrogen) atoms. The third-order valence-corrected chi connectivity index (χ3v) is 4.93. The van der Waals surface area contributed by atoms with Gasteiger partial charge >= 0.3 is 0 Å². The first kappa shape index (κ1) is 18.2. The molecule has 0 unspecified atom stereocenters. The van der Waals surface area contributed by atoms with Gasteiger partial charge in [0.25, 0.3) is 0 Å². The summed E-state index contributed by atoms with van der Waals surface area (Å²) in [5.41, 5.74) is 2.43. The highest BCUT2D eigenvalue weighted by Gasteiger charge is 2.11. The van der Waals surface area contributed by atoms with E-state index in [0.29, 0.717) is 16.6 Å². The van der Waals surface area contributed by atoms with E-state index in [1.807, 2.05) is 26.0 Å². The lowest BCUT2D eigenvalue weighted by Crippen LogP contribution is -2.15. The summed E-state index contributed by atoms with van der Waals surface area (Å²) in [4.78, 5) is 20.7. The van der Waals surface area contributed by atoms with Crippen molar-refractivity contribution in [3.05, 3.63) is 38.5 Å². The summed E-state index contributed by atoms with van der Waals surface area (Å²) in [7, 11) is 1.58. The van der Waals surface area contributed by atoms with E-state index in [0.717, 1.165) is 20.3 Å². The van der Waals surface area contributed by atoms with Crippen molar-refractivity contribution in [1.82, 2.24) is 9.97 Å². The number of halogens is 2. The number of aromatic nitrogens is 2. The zero-order valence-electron chi connectivity index (χ0n) is 12.8. The van der Waals surface area contributed by atoms with Gasteiger partial charge in [0.1, 0.15) is 5.75 Å². The van der Waals surface area contributed by atoms with Gasteiger partial charge < -0.3 is 10.1 Å². The second kappa shape index (κ2) is 8.12. The standard InChI is InChI=1S/C15H15Br2N3O2S/c1-8-4-9(2)19-15(18-8)23-7-14(21)20-12-6-13(22-3)11(17)5-10(12)16/h4-6H,7H2,1-3H3,(H,20,21). The van der Waals surface area contributed by atoms with Crippen molar-refractivity contribution in [2.24, 2.45) is 0 Å². The number of hydrogen-bond acceptors (Lipinski definition) is 5. The molecule has 0 saturated carbocycles. The molecule has 1 amide bonds. The molecule has 0 fully saturated rings. The summed E-state index contributed by atoms with van der Waals surface area (Å²) in [6.45, 7) is 3.81. The van der Waals surface area contributed by atoms with E-state index in [1.165, 1.54) is 11.8 Å². The van der Waals surface area contributed by atoms with Crippen LogP contribution in [0.2, 0.25) is 0 Å². The fourth-order valence-corrected chi connectivity index (χ4v) is 3.86. The largest absolute Gasteiger partial charge is 0.495 e. The van der Waals surface area contributed by atoms with Crippen LogP contribution in [0.1, 0.15) is 11.4 Å². The first-order valence-corrected chi connectivity index (χ1v) is 9.24. The summed E-state index contributed by atoms with van der Waals surface area (Å²) in [6.07, 6.45) is 0. The van der Waals surface area contributed by atoms with E-state index in [1.54, 1.807) is 13.2 Å². The predicted octanol–water partition coefficient (Wildman–Crippen LogP) is 4.36. The second-order valence-electron chi connectivity index (χ2n) is 4.74. The lowest BCUT2D eigenvalue weighted by atomic mass is 10.3. The Bertz CT molecular complexity index is 721. The molecule has 8 heteroatoms. The van der Waals surface area contributed by atoms with Gasteiger partial charge in [-0.15, -0.1) is 0 Å². The Kier molecular flexibility index (Phi) is 6.43. The third kappa shape index (κ3) is 5.19. The molecule has 2 aromatic rings. The van der Waals surface area contributed by atoms with Crippen molar-refractivity contribution < 1.29 is 9.53 Å². The first-order valence-electron chi connectivity index (χ1n) is 6.67. The topological polar surface area (TPSA) is 64.1 Å². The maximum absolute atomic E-state index is 12.1. The van der Waals surface area contributed by atoms with Gasteiger partial charge in [-0.3, -0.25) is 4.79 Å². The smallest absolute Gasteiger partial charge is 0.234 e. The van der Waals surface area contributed by atoms with Crippen LogP contribution in [0.15, 0.2) is 32.3 Å². The van der Waals surface area contributed by atoms with Crippen LogP contribution in [0.25, 0.3) is 0 Å². The molecule has 122 valence electrons. The molecule has 0 aliphatic rings. The maximum Gasteiger partial charge on any atom is 0.234 e. The van der Waals surface area contributed by atoms with E-state index >= 15 is 0 Å². The Morgan fingerprint density at radius 3 is 2.43 bits per heavy atom. The lowest BCUT2D eigenvalue weighted by molar-refractivity contribution is -0.113. The first-order chi connectivity index (χ1) is 10.9. The van der Waals surface area contributed by atoms with Crippen molar-refractivity contribution in [3.8, 4) is 5.75 Å². The van der Waals surface area contributed by atoms with Gasteiger partial charge in [0.05, 0.1) is 23.0 Å². The Morgan fingerprint density at radius 1 is 1.17 bits per heavy atom. The van der Waals surface area contributed by atoms with Gasteiger partial charge in [-0.2, -0.15) is 0 Å². The number of carbonyl (C=O) groups is 1. The second-order valence-corrected chi connectivity index (χ2v) is 7.39. The zero-order chi connectivity index (χ0) is 17.0. The molecular formula is C15H15Br2N3O2S. The highest BCUT2D eigenvalue weighted by Crippen LogP contribution is 2.34. The summed E-state index contributed by atoms with van der Waals surface area (Å²) in [5.74, 6) is 0.741. The molecule has 0 spiro atoms. The molecule has 0 bridgehead atoms. The molecule has 1 aromatic heterocycles. The molecule has 0 aliphatic carbocycles. The van der Waals surface area contributed by atoms with Crippen LogP contribution in [0.5, 0.6) is 5.75 Å².